The minimum atomic E-state index is -3.93. The van der Waals surface area contributed by atoms with Crippen molar-refractivity contribution in [2.75, 3.05) is 12.0 Å². The second-order valence-electron chi connectivity index (χ2n) is 4.76. The van der Waals surface area contributed by atoms with E-state index < -0.39 is 26.7 Å². The van der Waals surface area contributed by atoms with Crippen LogP contribution in [0.2, 0.25) is 0 Å². The van der Waals surface area contributed by atoms with Gasteiger partial charge in [-0.3, -0.25) is 9.00 Å². The molecular weight excluding hydrogens is 380 g/mol. The fraction of sp³-hybridized carbons (Fsp3) is 0.417. The molecule has 0 aliphatic carbocycles. The molecule has 118 valence electrons. The lowest BCUT2D eigenvalue weighted by molar-refractivity contribution is 0.0943. The molecule has 1 amide bonds. The van der Waals surface area contributed by atoms with Crippen molar-refractivity contribution in [2.24, 2.45) is 5.14 Å². The van der Waals surface area contributed by atoms with Gasteiger partial charge in [0, 0.05) is 38.9 Å². The molecule has 1 aromatic carbocycles. The van der Waals surface area contributed by atoms with Crippen molar-refractivity contribution < 1.29 is 17.4 Å². The highest BCUT2D eigenvalue weighted by molar-refractivity contribution is 9.10. The molecule has 0 aliphatic rings. The smallest absolute Gasteiger partial charge is 0.251 e. The number of primary sulfonamides is 1. The van der Waals surface area contributed by atoms with Gasteiger partial charge in [0.05, 0.1) is 4.90 Å². The molecular formula is C12H17BrN2O4S2. The molecule has 1 rings (SSSR count). The average Bonchev–Trinajstić information content (AvgIpc) is 2.29. The molecule has 21 heavy (non-hydrogen) atoms. The number of aryl methyl sites for hydroxylation is 1. The Morgan fingerprint density at radius 2 is 2.05 bits per heavy atom. The van der Waals surface area contributed by atoms with E-state index in [-0.39, 0.29) is 16.5 Å². The number of benzene rings is 1. The van der Waals surface area contributed by atoms with Crippen molar-refractivity contribution in [1.29, 1.82) is 0 Å². The Hall–Kier alpha value is -0.770. The lowest BCUT2D eigenvalue weighted by Crippen LogP contribution is -2.36. The Bertz CT molecular complexity index is 689. The Morgan fingerprint density at radius 1 is 1.48 bits per heavy atom. The van der Waals surface area contributed by atoms with Crippen LogP contribution in [0.1, 0.15) is 22.8 Å². The highest BCUT2D eigenvalue weighted by Gasteiger charge is 2.19. The van der Waals surface area contributed by atoms with Crippen LogP contribution < -0.4 is 10.5 Å². The SMILES string of the molecule is Cc1cc(C(=O)NC(C)CS(C)=O)cc(S(N)(=O)=O)c1Br. The van der Waals surface area contributed by atoms with Crippen LogP contribution >= 0.6 is 15.9 Å². The van der Waals surface area contributed by atoms with Gasteiger partial charge < -0.3 is 5.32 Å². The summed E-state index contributed by atoms with van der Waals surface area (Å²) < 4.78 is 34.5. The summed E-state index contributed by atoms with van der Waals surface area (Å²) in [4.78, 5) is 12.0. The van der Waals surface area contributed by atoms with Gasteiger partial charge in [-0.2, -0.15) is 0 Å². The van der Waals surface area contributed by atoms with E-state index in [1.54, 1.807) is 26.2 Å². The summed E-state index contributed by atoms with van der Waals surface area (Å²) >= 11 is 3.15. The van der Waals surface area contributed by atoms with Gasteiger partial charge >= 0.3 is 0 Å². The fourth-order valence-corrected chi connectivity index (χ4v) is 4.17. The summed E-state index contributed by atoms with van der Waals surface area (Å²) in [6.07, 6.45) is 1.55. The molecule has 2 unspecified atom stereocenters. The monoisotopic (exact) mass is 396 g/mol. The van der Waals surface area contributed by atoms with Crippen LogP contribution in [-0.2, 0) is 20.8 Å². The van der Waals surface area contributed by atoms with Gasteiger partial charge in [-0.05, 0) is 47.5 Å². The Balaban J connectivity index is 3.12. The Labute approximate surface area is 135 Å². The standard InChI is InChI=1S/C12H17BrN2O4S2/c1-7-4-9(5-10(11(7)13)21(14,18)19)12(16)15-8(2)6-20(3)17/h4-5,8H,6H2,1-3H3,(H,15,16)(H2,14,18,19). The van der Waals surface area contributed by atoms with Gasteiger partial charge in [0.25, 0.3) is 5.91 Å². The summed E-state index contributed by atoms with van der Waals surface area (Å²) in [5, 5.41) is 7.80. The first-order chi connectivity index (χ1) is 9.52. The van der Waals surface area contributed by atoms with E-state index in [2.05, 4.69) is 21.2 Å². The Kier molecular flexibility index (Phi) is 6.09. The van der Waals surface area contributed by atoms with Crippen molar-refractivity contribution in [3.63, 3.8) is 0 Å². The summed E-state index contributed by atoms with van der Waals surface area (Å²) in [5.74, 6) is -0.114. The molecule has 0 saturated carbocycles. The molecule has 1 aromatic rings. The molecule has 0 bridgehead atoms. The third kappa shape index (κ3) is 5.17. The van der Waals surface area contributed by atoms with E-state index in [9.17, 15) is 17.4 Å². The first-order valence-corrected chi connectivity index (χ1v) is 10.0. The minimum Gasteiger partial charge on any atom is -0.349 e. The van der Waals surface area contributed by atoms with E-state index in [4.69, 9.17) is 5.14 Å². The third-order valence-electron chi connectivity index (χ3n) is 2.65. The van der Waals surface area contributed by atoms with Crippen molar-refractivity contribution in [3.05, 3.63) is 27.7 Å². The molecule has 0 spiro atoms. The van der Waals surface area contributed by atoms with Crippen molar-refractivity contribution >= 4 is 42.7 Å². The maximum atomic E-state index is 12.1. The number of halogens is 1. The molecule has 6 nitrogen and oxygen atoms in total. The fourth-order valence-electron chi connectivity index (χ4n) is 1.78. The first-order valence-electron chi connectivity index (χ1n) is 5.96. The number of carbonyl (C=O) groups excluding carboxylic acids is 1. The van der Waals surface area contributed by atoms with Crippen LogP contribution in [0, 0.1) is 6.92 Å². The zero-order chi connectivity index (χ0) is 16.4. The number of nitrogens with one attached hydrogen (secondary N) is 1. The maximum Gasteiger partial charge on any atom is 0.251 e. The normalized spacial score (nSPS) is 14.5. The predicted molar refractivity (Wildman–Crippen MR) is 86.1 cm³/mol. The second-order valence-corrected chi connectivity index (χ2v) is 8.57. The molecule has 0 aliphatic heterocycles. The molecule has 0 fully saturated rings. The summed E-state index contributed by atoms with van der Waals surface area (Å²) in [7, 11) is -4.97. The van der Waals surface area contributed by atoms with Crippen LogP contribution in [0.25, 0.3) is 0 Å². The maximum absolute atomic E-state index is 12.1. The topological polar surface area (TPSA) is 106 Å². The van der Waals surface area contributed by atoms with Crippen LogP contribution in [0.3, 0.4) is 0 Å². The Morgan fingerprint density at radius 3 is 2.52 bits per heavy atom. The number of amides is 1. The zero-order valence-corrected chi connectivity index (χ0v) is 15.1. The molecule has 3 N–H and O–H groups in total. The van der Waals surface area contributed by atoms with Gasteiger partial charge in [-0.1, -0.05) is 0 Å². The molecule has 0 heterocycles. The van der Waals surface area contributed by atoms with Gasteiger partial charge in [0.2, 0.25) is 10.0 Å². The molecule has 9 heteroatoms. The number of rotatable bonds is 5. The lowest BCUT2D eigenvalue weighted by Gasteiger charge is -2.14. The van der Waals surface area contributed by atoms with E-state index in [0.29, 0.717) is 15.8 Å². The van der Waals surface area contributed by atoms with Crippen LogP contribution in [-0.4, -0.2) is 36.6 Å². The van der Waals surface area contributed by atoms with Crippen LogP contribution in [0.5, 0.6) is 0 Å². The van der Waals surface area contributed by atoms with Crippen molar-refractivity contribution in [3.8, 4) is 0 Å². The lowest BCUT2D eigenvalue weighted by atomic mass is 10.1. The van der Waals surface area contributed by atoms with Gasteiger partial charge in [0.15, 0.2) is 0 Å². The first kappa shape index (κ1) is 18.3. The van der Waals surface area contributed by atoms with Crippen molar-refractivity contribution in [1.82, 2.24) is 5.32 Å². The summed E-state index contributed by atoms with van der Waals surface area (Å²) in [5.41, 5.74) is 0.770. The third-order valence-corrected chi connectivity index (χ3v) is 5.87. The number of hydrogen-bond acceptors (Lipinski definition) is 4. The minimum absolute atomic E-state index is 0.139. The van der Waals surface area contributed by atoms with E-state index in [1.165, 1.54) is 6.07 Å². The van der Waals surface area contributed by atoms with Gasteiger partial charge in [-0.25, -0.2) is 13.6 Å². The highest BCUT2D eigenvalue weighted by Crippen LogP contribution is 2.26. The van der Waals surface area contributed by atoms with E-state index >= 15 is 0 Å². The summed E-state index contributed by atoms with van der Waals surface area (Å²) in [6.45, 7) is 3.39. The van der Waals surface area contributed by atoms with Crippen LogP contribution in [0.15, 0.2) is 21.5 Å². The average molecular weight is 397 g/mol. The molecule has 0 aromatic heterocycles. The van der Waals surface area contributed by atoms with E-state index in [0.717, 1.165) is 0 Å². The van der Waals surface area contributed by atoms with Gasteiger partial charge in [-0.15, -0.1) is 0 Å². The largest absolute Gasteiger partial charge is 0.349 e. The van der Waals surface area contributed by atoms with Gasteiger partial charge in [0.1, 0.15) is 0 Å². The number of hydrogen-bond donors (Lipinski definition) is 2. The molecule has 0 saturated heterocycles. The second kappa shape index (κ2) is 6.99. The number of carbonyl (C=O) groups is 1. The summed E-state index contributed by atoms with van der Waals surface area (Å²) in [6, 6.07) is 2.49. The molecule has 2 atom stereocenters. The quantitative estimate of drug-likeness (QED) is 0.770. The van der Waals surface area contributed by atoms with E-state index in [1.807, 2.05) is 0 Å². The number of sulfonamides is 1. The molecule has 0 radical (unpaired) electrons. The zero-order valence-electron chi connectivity index (χ0n) is 11.8. The highest BCUT2D eigenvalue weighted by atomic mass is 79.9. The predicted octanol–water partition coefficient (Wildman–Crippen LogP) is 0.902. The number of nitrogens with two attached hydrogens (primary N) is 1. The van der Waals surface area contributed by atoms with Crippen LogP contribution in [0.4, 0.5) is 0 Å². The van der Waals surface area contributed by atoms with Crippen molar-refractivity contribution in [2.45, 2.75) is 24.8 Å².